The molecule has 0 spiro atoms. The molecule has 0 heterocycles. The van der Waals surface area contributed by atoms with E-state index in [1.165, 1.54) is 8.96 Å². The lowest BCUT2D eigenvalue weighted by Gasteiger charge is -2.02. The Kier molecular flexibility index (Phi) is 2.32. The highest BCUT2D eigenvalue weighted by molar-refractivity contribution is 9.12. The number of allylic oxidation sites excluding steroid dienone is 4. The summed E-state index contributed by atoms with van der Waals surface area (Å²) in [4.78, 5) is 0. The van der Waals surface area contributed by atoms with Gasteiger partial charge in [0.1, 0.15) is 0 Å². The molecule has 0 aliphatic heterocycles. The summed E-state index contributed by atoms with van der Waals surface area (Å²) < 4.78 is 2.57. The summed E-state index contributed by atoms with van der Waals surface area (Å²) in [5.74, 6) is 0. The minimum Gasteiger partial charge on any atom is -0.0702 e. The van der Waals surface area contributed by atoms with Crippen molar-refractivity contribution in [2.75, 3.05) is 0 Å². The van der Waals surface area contributed by atoms with Crippen LogP contribution in [0.1, 0.15) is 12.8 Å². The Morgan fingerprint density at radius 3 is 1.88 bits per heavy atom. The van der Waals surface area contributed by atoms with Gasteiger partial charge in [-0.2, -0.15) is 0 Å². The van der Waals surface area contributed by atoms with Gasteiger partial charge in [0.2, 0.25) is 0 Å². The van der Waals surface area contributed by atoms with E-state index in [1.807, 2.05) is 0 Å². The predicted octanol–water partition coefficient (Wildman–Crippen LogP) is 3.34. The third-order valence-corrected chi connectivity index (χ3v) is 2.22. The van der Waals surface area contributed by atoms with Crippen molar-refractivity contribution in [3.05, 3.63) is 21.1 Å². The van der Waals surface area contributed by atoms with Crippen molar-refractivity contribution in [1.82, 2.24) is 0 Å². The van der Waals surface area contributed by atoms with Gasteiger partial charge in [-0.1, -0.05) is 44.0 Å². The molecule has 0 amide bonds. The molecule has 0 N–H and O–H groups in total. The average Bonchev–Trinajstić information content (AvgIpc) is 1.64. The summed E-state index contributed by atoms with van der Waals surface area (Å²) in [5, 5.41) is 0. The molecule has 0 nitrogen and oxygen atoms in total. The van der Waals surface area contributed by atoms with Gasteiger partial charge in [0.05, 0.1) is 0 Å². The fourth-order valence-electron chi connectivity index (χ4n) is 0.620. The molecule has 1 aliphatic carbocycles. The first kappa shape index (κ1) is 6.56. The molecule has 1 aliphatic rings. The molecule has 0 saturated carbocycles. The standard InChI is InChI=1S/C6H6Br2/c7-5-2-1-3-6(8)4-5/h2-3H,1,4H2. The van der Waals surface area contributed by atoms with Crippen molar-refractivity contribution in [1.29, 1.82) is 0 Å². The van der Waals surface area contributed by atoms with Crippen LogP contribution in [0.4, 0.5) is 0 Å². The van der Waals surface area contributed by atoms with Crippen molar-refractivity contribution < 1.29 is 0 Å². The Hall–Kier alpha value is 0.440. The third kappa shape index (κ3) is 1.75. The fraction of sp³-hybridized carbons (Fsp3) is 0.333. The Labute approximate surface area is 65.9 Å². The van der Waals surface area contributed by atoms with Crippen molar-refractivity contribution in [3.8, 4) is 0 Å². The summed E-state index contributed by atoms with van der Waals surface area (Å²) in [6.45, 7) is 0. The molecule has 2 heteroatoms. The summed E-state index contributed by atoms with van der Waals surface area (Å²) in [6.07, 6.45) is 6.43. The molecule has 0 unspecified atom stereocenters. The van der Waals surface area contributed by atoms with Gasteiger partial charge in [0.25, 0.3) is 0 Å². The maximum Gasteiger partial charge on any atom is 0.0101 e. The van der Waals surface area contributed by atoms with E-state index in [9.17, 15) is 0 Å². The fourth-order valence-corrected chi connectivity index (χ4v) is 1.97. The molecule has 1 rings (SSSR count). The average molecular weight is 238 g/mol. The van der Waals surface area contributed by atoms with Gasteiger partial charge in [-0.25, -0.2) is 0 Å². The number of rotatable bonds is 0. The third-order valence-electron chi connectivity index (χ3n) is 1.02. The maximum absolute atomic E-state index is 3.42. The Balaban J connectivity index is 2.57. The minimum atomic E-state index is 1.03. The van der Waals surface area contributed by atoms with Gasteiger partial charge >= 0.3 is 0 Å². The second-order valence-corrected chi connectivity index (χ2v) is 3.75. The van der Waals surface area contributed by atoms with E-state index in [4.69, 9.17) is 0 Å². The summed E-state index contributed by atoms with van der Waals surface area (Å²) >= 11 is 6.84. The van der Waals surface area contributed by atoms with Crippen molar-refractivity contribution in [3.63, 3.8) is 0 Å². The highest BCUT2D eigenvalue weighted by atomic mass is 79.9. The van der Waals surface area contributed by atoms with Crippen LogP contribution in [-0.2, 0) is 0 Å². The van der Waals surface area contributed by atoms with Crippen LogP contribution in [-0.4, -0.2) is 0 Å². The van der Waals surface area contributed by atoms with Crippen LogP contribution >= 0.6 is 31.9 Å². The van der Waals surface area contributed by atoms with E-state index < -0.39 is 0 Å². The highest BCUT2D eigenvalue weighted by Gasteiger charge is 1.98. The first-order valence-corrected chi connectivity index (χ1v) is 4.06. The van der Waals surface area contributed by atoms with E-state index >= 15 is 0 Å². The van der Waals surface area contributed by atoms with Gasteiger partial charge in [-0.3, -0.25) is 0 Å². The zero-order valence-corrected chi connectivity index (χ0v) is 7.50. The quantitative estimate of drug-likeness (QED) is 0.607. The second kappa shape index (κ2) is 2.83. The van der Waals surface area contributed by atoms with E-state index in [-0.39, 0.29) is 0 Å². The molecule has 0 fully saturated rings. The molecule has 0 atom stereocenters. The number of halogens is 2. The number of hydrogen-bond acceptors (Lipinski definition) is 0. The maximum atomic E-state index is 3.42. The molecule has 44 valence electrons. The topological polar surface area (TPSA) is 0 Å². The zero-order valence-electron chi connectivity index (χ0n) is 4.32. The van der Waals surface area contributed by atoms with Gasteiger partial charge in [-0.05, 0) is 15.4 Å². The Morgan fingerprint density at radius 2 is 1.62 bits per heavy atom. The highest BCUT2D eigenvalue weighted by Crippen LogP contribution is 2.26. The summed E-state index contributed by atoms with van der Waals surface area (Å²) in [7, 11) is 0. The summed E-state index contributed by atoms with van der Waals surface area (Å²) in [5.41, 5.74) is 0. The van der Waals surface area contributed by atoms with E-state index in [0.29, 0.717) is 0 Å². The molecule has 0 saturated heterocycles. The van der Waals surface area contributed by atoms with E-state index in [0.717, 1.165) is 12.8 Å². The second-order valence-electron chi connectivity index (χ2n) is 1.71. The van der Waals surface area contributed by atoms with Gasteiger partial charge < -0.3 is 0 Å². The first-order valence-electron chi connectivity index (χ1n) is 2.48. The largest absolute Gasteiger partial charge is 0.0702 e. The first-order chi connectivity index (χ1) is 3.79. The van der Waals surface area contributed by atoms with Gasteiger partial charge in [-0.15, -0.1) is 0 Å². The molecule has 0 radical (unpaired) electrons. The Morgan fingerprint density at radius 1 is 1.12 bits per heavy atom. The van der Waals surface area contributed by atoms with Crippen LogP contribution in [0.25, 0.3) is 0 Å². The van der Waals surface area contributed by atoms with E-state index in [2.05, 4.69) is 44.0 Å². The van der Waals surface area contributed by atoms with Crippen molar-refractivity contribution >= 4 is 31.9 Å². The molecule has 0 aromatic heterocycles. The van der Waals surface area contributed by atoms with Crippen LogP contribution in [0.5, 0.6) is 0 Å². The minimum absolute atomic E-state index is 1.03. The smallest absolute Gasteiger partial charge is 0.0101 e. The lowest BCUT2D eigenvalue weighted by Crippen LogP contribution is -1.80. The summed E-state index contributed by atoms with van der Waals surface area (Å²) in [6, 6.07) is 0. The SMILES string of the molecule is BrC1=CCC=C(Br)C1. The van der Waals surface area contributed by atoms with Gasteiger partial charge in [0.15, 0.2) is 0 Å². The number of hydrogen-bond donors (Lipinski definition) is 0. The lowest BCUT2D eigenvalue weighted by molar-refractivity contribution is 1.20. The zero-order chi connectivity index (χ0) is 5.98. The Bertz CT molecular complexity index is 129. The normalized spacial score (nSPS) is 19.8. The van der Waals surface area contributed by atoms with Crippen molar-refractivity contribution in [2.24, 2.45) is 0 Å². The van der Waals surface area contributed by atoms with Crippen LogP contribution in [0.3, 0.4) is 0 Å². The predicted molar refractivity (Wildman–Crippen MR) is 43.3 cm³/mol. The van der Waals surface area contributed by atoms with Crippen LogP contribution < -0.4 is 0 Å². The van der Waals surface area contributed by atoms with Crippen LogP contribution in [0.15, 0.2) is 21.1 Å². The van der Waals surface area contributed by atoms with Crippen LogP contribution in [0, 0.1) is 0 Å². The van der Waals surface area contributed by atoms with Crippen LogP contribution in [0.2, 0.25) is 0 Å². The lowest BCUT2D eigenvalue weighted by atomic mass is 10.2. The molecule has 0 bridgehead atoms. The van der Waals surface area contributed by atoms with Gasteiger partial charge in [0, 0.05) is 6.42 Å². The monoisotopic (exact) mass is 236 g/mol. The molecular weight excluding hydrogens is 232 g/mol. The molecule has 0 aromatic rings. The molecule has 8 heavy (non-hydrogen) atoms. The van der Waals surface area contributed by atoms with E-state index in [1.54, 1.807) is 0 Å². The molecule has 0 aromatic carbocycles. The molecular formula is C6H6Br2. The van der Waals surface area contributed by atoms with Crippen molar-refractivity contribution in [2.45, 2.75) is 12.8 Å².